The molecule has 3 N–H and O–H groups in total. The van der Waals surface area contributed by atoms with E-state index in [1.165, 1.54) is 36.0 Å². The van der Waals surface area contributed by atoms with Crippen molar-refractivity contribution in [2.24, 2.45) is 15.2 Å². The highest BCUT2D eigenvalue weighted by molar-refractivity contribution is 7.85. The first kappa shape index (κ1) is 15.2. The molecule has 0 bridgehead atoms. The highest BCUT2D eigenvalue weighted by Crippen LogP contribution is 2.22. The van der Waals surface area contributed by atoms with Gasteiger partial charge < -0.3 is 10.5 Å². The molecule has 9 nitrogen and oxygen atoms in total. The summed E-state index contributed by atoms with van der Waals surface area (Å²) in [5.74, 6) is 0.260. The number of nitrogens with one attached hydrogen (secondary N) is 1. The quantitative estimate of drug-likeness (QED) is 0.410. The first-order valence-electron chi connectivity index (χ1n) is 5.86. The van der Waals surface area contributed by atoms with Crippen LogP contribution >= 0.6 is 0 Å². The maximum atomic E-state index is 11.0. The van der Waals surface area contributed by atoms with E-state index in [1.54, 1.807) is 7.05 Å². The van der Waals surface area contributed by atoms with Gasteiger partial charge in [-0.3, -0.25) is 9.55 Å². The number of hydrazone groups is 1. The van der Waals surface area contributed by atoms with Gasteiger partial charge in [0.05, 0.1) is 4.90 Å². The molecule has 0 aromatic heterocycles. The molecule has 0 fully saturated rings. The number of azo groups is 2. The van der Waals surface area contributed by atoms with Gasteiger partial charge >= 0.3 is 6.23 Å². The Kier molecular flexibility index (Phi) is 4.11. The van der Waals surface area contributed by atoms with Crippen LogP contribution in [-0.2, 0) is 10.1 Å². The summed E-state index contributed by atoms with van der Waals surface area (Å²) < 4.78 is 32.1. The molecular formula is C11H14N5O4S+. The number of aliphatic imine (C=N–C) groups is 1. The second-order valence-electron chi connectivity index (χ2n) is 4.06. The summed E-state index contributed by atoms with van der Waals surface area (Å²) in [5, 5.41) is 18.2. The number of aliphatic hydroxyl groups excluding tert-OH is 1. The van der Waals surface area contributed by atoms with E-state index in [0.29, 0.717) is 5.69 Å². The van der Waals surface area contributed by atoms with Crippen molar-refractivity contribution < 1.29 is 22.8 Å². The summed E-state index contributed by atoms with van der Waals surface area (Å²) in [6.45, 7) is 0. The standard InChI is InChI=1S/C11H13N5O4S/c1-12-10-9(14-13-2)11(17)16(15-10)7-3-5-8(6-4-7)21(18,19)20/h3-6,11,13,17H,1-2H3/p+1/b12-10?,14-9-. The van der Waals surface area contributed by atoms with Crippen LogP contribution in [0.2, 0.25) is 0 Å². The molecule has 1 aliphatic heterocycles. The van der Waals surface area contributed by atoms with Gasteiger partial charge in [0, 0.05) is 31.3 Å². The minimum atomic E-state index is -4.26. The monoisotopic (exact) mass is 312 g/mol. The van der Waals surface area contributed by atoms with Crippen molar-refractivity contribution in [3.05, 3.63) is 24.3 Å². The lowest BCUT2D eigenvalue weighted by Gasteiger charge is -2.01. The van der Waals surface area contributed by atoms with E-state index in [0.717, 1.165) is 0 Å². The molecule has 1 atom stereocenters. The molecule has 1 aromatic rings. The van der Waals surface area contributed by atoms with Crippen molar-refractivity contribution in [2.45, 2.75) is 11.1 Å². The normalized spacial score (nSPS) is 22.7. The van der Waals surface area contributed by atoms with Crippen LogP contribution in [0.15, 0.2) is 44.4 Å². The average Bonchev–Trinajstić information content (AvgIpc) is 2.76. The highest BCUT2D eigenvalue weighted by Gasteiger charge is 2.40. The minimum absolute atomic E-state index is 0.242. The fraction of sp³-hybridized carbons (Fsp3) is 0.273. The third-order valence-corrected chi connectivity index (χ3v) is 3.62. The number of benzene rings is 1. The van der Waals surface area contributed by atoms with Crippen LogP contribution in [0.1, 0.15) is 0 Å². The van der Waals surface area contributed by atoms with E-state index in [-0.39, 0.29) is 16.4 Å². The first-order chi connectivity index (χ1) is 9.88. The Labute approximate surface area is 121 Å². The molecule has 21 heavy (non-hydrogen) atoms. The molecule has 0 radical (unpaired) electrons. The van der Waals surface area contributed by atoms with Crippen LogP contribution in [0.4, 0.5) is 5.69 Å². The molecular weight excluding hydrogens is 298 g/mol. The molecule has 0 saturated heterocycles. The topological polar surface area (TPSA) is 127 Å². The van der Waals surface area contributed by atoms with Crippen molar-refractivity contribution in [2.75, 3.05) is 14.1 Å². The van der Waals surface area contributed by atoms with Gasteiger partial charge in [-0.2, -0.15) is 13.5 Å². The Balaban J connectivity index is 2.41. The smallest absolute Gasteiger partial charge is 0.330 e. The largest absolute Gasteiger partial charge is 0.335 e. The predicted molar refractivity (Wildman–Crippen MR) is 74.5 cm³/mol. The van der Waals surface area contributed by atoms with Crippen molar-refractivity contribution in [1.29, 1.82) is 0 Å². The van der Waals surface area contributed by atoms with Crippen LogP contribution in [-0.4, -0.2) is 54.6 Å². The number of rotatable bonds is 3. The van der Waals surface area contributed by atoms with Crippen molar-refractivity contribution in [3.8, 4) is 0 Å². The van der Waals surface area contributed by atoms with Crippen LogP contribution in [0.3, 0.4) is 0 Å². The fourth-order valence-electron chi connectivity index (χ4n) is 1.80. The molecule has 1 aromatic carbocycles. The van der Waals surface area contributed by atoms with Gasteiger partial charge in [0.25, 0.3) is 10.1 Å². The van der Waals surface area contributed by atoms with Gasteiger partial charge in [0.1, 0.15) is 0 Å². The van der Waals surface area contributed by atoms with E-state index in [1.807, 2.05) is 0 Å². The summed E-state index contributed by atoms with van der Waals surface area (Å²) in [4.78, 5) is 3.67. The predicted octanol–water partition coefficient (Wildman–Crippen LogP) is -0.0348. The summed E-state index contributed by atoms with van der Waals surface area (Å²) in [7, 11) is -1.17. The van der Waals surface area contributed by atoms with Crippen molar-refractivity contribution in [3.63, 3.8) is 0 Å². The van der Waals surface area contributed by atoms with E-state index in [2.05, 4.69) is 20.6 Å². The van der Waals surface area contributed by atoms with Crippen LogP contribution in [0.5, 0.6) is 0 Å². The van der Waals surface area contributed by atoms with Gasteiger partial charge in [-0.05, 0) is 16.8 Å². The fourth-order valence-corrected chi connectivity index (χ4v) is 2.28. The summed E-state index contributed by atoms with van der Waals surface area (Å²) >= 11 is 0. The molecule has 0 aliphatic carbocycles. The zero-order valence-electron chi connectivity index (χ0n) is 11.3. The molecule has 10 heteroatoms. The van der Waals surface area contributed by atoms with E-state index in [4.69, 9.17) is 4.55 Å². The molecule has 0 amide bonds. The number of hydrogen-bond donors (Lipinski definition) is 3. The summed E-state index contributed by atoms with van der Waals surface area (Å²) in [6.07, 6.45) is -1.15. The van der Waals surface area contributed by atoms with Gasteiger partial charge in [-0.15, -0.1) is 0 Å². The summed E-state index contributed by atoms with van der Waals surface area (Å²) in [6, 6.07) is 5.24. The zero-order valence-corrected chi connectivity index (χ0v) is 12.1. The van der Waals surface area contributed by atoms with Gasteiger partial charge in [0.15, 0.2) is 0 Å². The first-order valence-corrected chi connectivity index (χ1v) is 7.30. The summed E-state index contributed by atoms with van der Waals surface area (Å²) in [5.41, 5.74) is 3.23. The van der Waals surface area contributed by atoms with E-state index >= 15 is 0 Å². The molecule has 112 valence electrons. The van der Waals surface area contributed by atoms with Gasteiger partial charge in [0.2, 0.25) is 17.2 Å². The lowest BCUT2D eigenvalue weighted by molar-refractivity contribution is -0.564. The molecule has 0 saturated carbocycles. The van der Waals surface area contributed by atoms with Crippen LogP contribution < -0.4 is 5.43 Å². The Bertz CT molecular complexity index is 736. The SMILES string of the molecule is CN=C1N=[N+](c2ccc(S(=O)(=O)O)cc2)C(O)/C1=N\NC. The Hall–Kier alpha value is -2.17. The van der Waals surface area contributed by atoms with Gasteiger partial charge in [-0.1, -0.05) is 0 Å². The third-order valence-electron chi connectivity index (χ3n) is 2.75. The average molecular weight is 312 g/mol. The van der Waals surface area contributed by atoms with Crippen LogP contribution in [0, 0.1) is 0 Å². The number of aliphatic hydroxyl groups is 1. The maximum absolute atomic E-state index is 11.0. The Morgan fingerprint density at radius 1 is 1.33 bits per heavy atom. The number of nitrogens with zero attached hydrogens (tertiary/aromatic N) is 4. The van der Waals surface area contributed by atoms with Crippen LogP contribution in [0.25, 0.3) is 0 Å². The molecule has 1 heterocycles. The van der Waals surface area contributed by atoms with Crippen molar-refractivity contribution in [1.82, 2.24) is 5.43 Å². The minimum Gasteiger partial charge on any atom is -0.330 e. The van der Waals surface area contributed by atoms with E-state index < -0.39 is 16.3 Å². The molecule has 1 unspecified atom stereocenters. The van der Waals surface area contributed by atoms with E-state index in [9.17, 15) is 13.5 Å². The zero-order chi connectivity index (χ0) is 15.6. The third kappa shape index (κ3) is 2.96. The highest BCUT2D eigenvalue weighted by atomic mass is 32.2. The number of hydrogen-bond acceptors (Lipinski definition) is 6. The molecule has 2 rings (SSSR count). The van der Waals surface area contributed by atoms with Crippen molar-refractivity contribution >= 4 is 27.4 Å². The maximum Gasteiger partial charge on any atom is 0.335 e. The molecule has 1 aliphatic rings. The molecule has 0 spiro atoms. The number of amidine groups is 1. The Morgan fingerprint density at radius 3 is 2.43 bits per heavy atom. The Morgan fingerprint density at radius 2 is 1.95 bits per heavy atom. The lowest BCUT2D eigenvalue weighted by Crippen LogP contribution is -2.28. The second-order valence-corrected chi connectivity index (χ2v) is 5.48. The van der Waals surface area contributed by atoms with Gasteiger partial charge in [-0.25, -0.2) is 0 Å². The second kappa shape index (κ2) is 5.68. The lowest BCUT2D eigenvalue weighted by atomic mass is 10.3.